The zero-order valence-corrected chi connectivity index (χ0v) is 12.4. The predicted octanol–water partition coefficient (Wildman–Crippen LogP) is 2.23. The molecule has 0 spiro atoms. The van der Waals surface area contributed by atoms with E-state index in [4.69, 9.17) is 0 Å². The largest absolute Gasteiger partial charge is 0.465 e. The Bertz CT molecular complexity index is 592. The number of rotatable bonds is 2. The van der Waals surface area contributed by atoms with Crippen molar-refractivity contribution in [1.82, 2.24) is 9.88 Å². The molecule has 1 aromatic heterocycles. The predicted molar refractivity (Wildman–Crippen MR) is 75.5 cm³/mol. The van der Waals surface area contributed by atoms with E-state index in [1.165, 1.54) is 4.90 Å². The van der Waals surface area contributed by atoms with Crippen LogP contribution in [-0.2, 0) is 4.79 Å². The fourth-order valence-corrected chi connectivity index (χ4v) is 3.11. The molecule has 1 aromatic rings. The molecule has 7 heteroatoms. The van der Waals surface area contributed by atoms with Gasteiger partial charge in [-0.15, -0.1) is 0 Å². The summed E-state index contributed by atoms with van der Waals surface area (Å²) in [5.41, 5.74) is 0.839. The maximum atomic E-state index is 12.3. The number of anilines is 1. The van der Waals surface area contributed by atoms with Gasteiger partial charge < -0.3 is 10.4 Å². The number of piperidine rings is 1. The van der Waals surface area contributed by atoms with Crippen LogP contribution in [-0.4, -0.2) is 39.1 Å². The highest BCUT2D eigenvalue weighted by atomic mass is 79.9. The van der Waals surface area contributed by atoms with Crippen molar-refractivity contribution in [3.05, 3.63) is 22.3 Å². The van der Waals surface area contributed by atoms with Gasteiger partial charge in [0, 0.05) is 6.04 Å². The number of amides is 2. The van der Waals surface area contributed by atoms with Crippen LogP contribution in [0.1, 0.15) is 18.4 Å². The summed E-state index contributed by atoms with van der Waals surface area (Å²) in [7, 11) is 0. The van der Waals surface area contributed by atoms with Crippen molar-refractivity contribution >= 4 is 33.7 Å². The standard InChI is InChI=1S/C13H14BrN3O3/c1-6-2-3-10(14)15-11(6)16-12(18)9-5-7-4-8(7)17(9)13(19)20/h2-3,7-9H,4-5H2,1H3,(H,19,20)(H,15,16,18)/t7?,8-,9?/m0/s1. The number of aromatic nitrogens is 1. The van der Waals surface area contributed by atoms with Gasteiger partial charge in [-0.25, -0.2) is 9.78 Å². The number of hydrogen-bond acceptors (Lipinski definition) is 3. The van der Waals surface area contributed by atoms with Gasteiger partial charge in [0.1, 0.15) is 16.5 Å². The average Bonchev–Trinajstić information content (AvgIpc) is 3.03. The summed E-state index contributed by atoms with van der Waals surface area (Å²) in [6, 6.07) is 3.06. The Labute approximate surface area is 124 Å². The van der Waals surface area contributed by atoms with Crippen LogP contribution in [0.5, 0.6) is 0 Å². The van der Waals surface area contributed by atoms with E-state index in [2.05, 4.69) is 26.2 Å². The average molecular weight is 340 g/mol. The van der Waals surface area contributed by atoms with Crippen LogP contribution < -0.4 is 5.32 Å². The maximum Gasteiger partial charge on any atom is 0.408 e. The van der Waals surface area contributed by atoms with Crippen molar-refractivity contribution in [3.63, 3.8) is 0 Å². The highest BCUT2D eigenvalue weighted by Crippen LogP contribution is 2.47. The normalized spacial score (nSPS) is 27.1. The number of likely N-dealkylation sites (tertiary alicyclic amines) is 1. The fourth-order valence-electron chi connectivity index (χ4n) is 2.80. The number of carbonyl (C=O) groups excluding carboxylic acids is 1. The van der Waals surface area contributed by atoms with Gasteiger partial charge in [-0.1, -0.05) is 6.07 Å². The van der Waals surface area contributed by atoms with E-state index in [-0.39, 0.29) is 11.9 Å². The summed E-state index contributed by atoms with van der Waals surface area (Å²) in [5, 5.41) is 12.0. The summed E-state index contributed by atoms with van der Waals surface area (Å²) >= 11 is 3.25. The van der Waals surface area contributed by atoms with E-state index < -0.39 is 12.1 Å². The van der Waals surface area contributed by atoms with Crippen LogP contribution in [0, 0.1) is 12.8 Å². The molecule has 1 saturated carbocycles. The molecule has 0 radical (unpaired) electrons. The first-order valence-corrected chi connectivity index (χ1v) is 7.22. The lowest BCUT2D eigenvalue weighted by Crippen LogP contribution is -2.45. The summed E-state index contributed by atoms with van der Waals surface area (Å²) in [4.78, 5) is 29.0. The Balaban J connectivity index is 1.76. The van der Waals surface area contributed by atoms with Gasteiger partial charge in [-0.2, -0.15) is 0 Å². The lowest BCUT2D eigenvalue weighted by atomic mass is 10.1. The van der Waals surface area contributed by atoms with Crippen molar-refractivity contribution in [2.45, 2.75) is 31.8 Å². The second kappa shape index (κ2) is 4.73. The molecule has 6 nitrogen and oxygen atoms in total. The maximum absolute atomic E-state index is 12.3. The van der Waals surface area contributed by atoms with Crippen LogP contribution >= 0.6 is 15.9 Å². The molecule has 20 heavy (non-hydrogen) atoms. The fraction of sp³-hybridized carbons (Fsp3) is 0.462. The topological polar surface area (TPSA) is 82.5 Å². The summed E-state index contributed by atoms with van der Waals surface area (Å²) in [6.45, 7) is 1.84. The van der Waals surface area contributed by atoms with Crippen LogP contribution in [0.2, 0.25) is 0 Å². The number of hydrogen-bond donors (Lipinski definition) is 2. The zero-order chi connectivity index (χ0) is 14.4. The monoisotopic (exact) mass is 339 g/mol. The number of fused-ring (bicyclic) bond motifs is 1. The Morgan fingerprint density at radius 1 is 1.45 bits per heavy atom. The van der Waals surface area contributed by atoms with Gasteiger partial charge in [0.2, 0.25) is 5.91 Å². The molecular formula is C13H14BrN3O3. The Morgan fingerprint density at radius 3 is 2.90 bits per heavy atom. The quantitative estimate of drug-likeness (QED) is 0.809. The number of carbonyl (C=O) groups is 2. The summed E-state index contributed by atoms with van der Waals surface area (Å²) < 4.78 is 0.628. The van der Waals surface area contributed by atoms with E-state index in [1.807, 2.05) is 13.0 Å². The summed E-state index contributed by atoms with van der Waals surface area (Å²) in [6.07, 6.45) is 0.467. The van der Waals surface area contributed by atoms with Crippen molar-refractivity contribution in [2.75, 3.05) is 5.32 Å². The van der Waals surface area contributed by atoms with E-state index in [1.54, 1.807) is 6.07 Å². The molecule has 2 amide bonds. The zero-order valence-electron chi connectivity index (χ0n) is 10.8. The second-order valence-corrected chi connectivity index (χ2v) is 6.11. The Hall–Kier alpha value is -1.63. The van der Waals surface area contributed by atoms with Gasteiger partial charge in [0.25, 0.3) is 0 Å². The first-order chi connectivity index (χ1) is 9.47. The van der Waals surface area contributed by atoms with E-state index in [0.29, 0.717) is 22.8 Å². The third-order valence-corrected chi connectivity index (χ3v) is 4.37. The molecule has 106 valence electrons. The van der Waals surface area contributed by atoms with E-state index in [0.717, 1.165) is 12.0 Å². The molecule has 1 aliphatic heterocycles. The molecule has 1 aliphatic carbocycles. The second-order valence-electron chi connectivity index (χ2n) is 5.29. The highest BCUT2D eigenvalue weighted by Gasteiger charge is 2.56. The van der Waals surface area contributed by atoms with Crippen LogP contribution in [0.15, 0.2) is 16.7 Å². The van der Waals surface area contributed by atoms with Crippen LogP contribution in [0.25, 0.3) is 0 Å². The molecular weight excluding hydrogens is 326 g/mol. The smallest absolute Gasteiger partial charge is 0.408 e. The van der Waals surface area contributed by atoms with Gasteiger partial charge in [-0.05, 0) is 53.2 Å². The summed E-state index contributed by atoms with van der Waals surface area (Å²) in [5.74, 6) is 0.516. The van der Waals surface area contributed by atoms with Crippen molar-refractivity contribution in [3.8, 4) is 0 Å². The SMILES string of the molecule is Cc1ccc(Br)nc1NC(=O)C1CC2C[C@@H]2N1C(=O)O. The minimum absolute atomic E-state index is 0.0276. The van der Waals surface area contributed by atoms with Crippen molar-refractivity contribution in [1.29, 1.82) is 0 Å². The molecule has 3 rings (SSSR count). The van der Waals surface area contributed by atoms with E-state index in [9.17, 15) is 14.7 Å². The number of pyridine rings is 1. The Kier molecular flexibility index (Phi) is 3.16. The molecule has 2 unspecified atom stereocenters. The number of nitrogens with one attached hydrogen (secondary N) is 1. The van der Waals surface area contributed by atoms with Gasteiger partial charge in [0.05, 0.1) is 0 Å². The Morgan fingerprint density at radius 2 is 2.20 bits per heavy atom. The van der Waals surface area contributed by atoms with Gasteiger partial charge in [0.15, 0.2) is 0 Å². The first kappa shape index (κ1) is 13.4. The number of aryl methyl sites for hydroxylation is 1. The van der Waals surface area contributed by atoms with Crippen molar-refractivity contribution < 1.29 is 14.7 Å². The molecule has 0 bridgehead atoms. The van der Waals surface area contributed by atoms with Crippen molar-refractivity contribution in [2.24, 2.45) is 5.92 Å². The molecule has 0 aromatic carbocycles. The molecule has 2 heterocycles. The van der Waals surface area contributed by atoms with Crippen LogP contribution in [0.3, 0.4) is 0 Å². The third kappa shape index (κ3) is 2.26. The molecule has 1 saturated heterocycles. The highest BCUT2D eigenvalue weighted by molar-refractivity contribution is 9.10. The third-order valence-electron chi connectivity index (χ3n) is 3.93. The number of halogens is 1. The lowest BCUT2D eigenvalue weighted by molar-refractivity contribution is -0.120. The van der Waals surface area contributed by atoms with Gasteiger partial charge >= 0.3 is 6.09 Å². The minimum atomic E-state index is -1.02. The number of nitrogens with zero attached hydrogens (tertiary/aromatic N) is 2. The van der Waals surface area contributed by atoms with E-state index >= 15 is 0 Å². The minimum Gasteiger partial charge on any atom is -0.465 e. The first-order valence-electron chi connectivity index (χ1n) is 6.42. The molecule has 3 atom stereocenters. The molecule has 2 fully saturated rings. The number of carboxylic acid groups (broad SMARTS) is 1. The molecule has 2 N–H and O–H groups in total. The van der Waals surface area contributed by atoms with Crippen LogP contribution in [0.4, 0.5) is 10.6 Å². The lowest BCUT2D eigenvalue weighted by Gasteiger charge is -2.23. The van der Waals surface area contributed by atoms with Gasteiger partial charge in [-0.3, -0.25) is 9.69 Å². The molecule has 2 aliphatic rings.